The van der Waals surface area contributed by atoms with Gasteiger partial charge in [-0.3, -0.25) is 14.3 Å². The van der Waals surface area contributed by atoms with E-state index in [0.29, 0.717) is 59.8 Å². The van der Waals surface area contributed by atoms with Crippen LogP contribution in [-0.4, -0.2) is 51.3 Å². The molecule has 0 unspecified atom stereocenters. The van der Waals surface area contributed by atoms with Gasteiger partial charge in [0.15, 0.2) is 0 Å². The van der Waals surface area contributed by atoms with E-state index in [-0.39, 0.29) is 23.8 Å². The summed E-state index contributed by atoms with van der Waals surface area (Å²) in [4.78, 5) is 39.5. The molecule has 0 spiro atoms. The molecule has 3 aromatic rings. The monoisotopic (exact) mass is 555 g/mol. The number of anilines is 2. The number of aromatic nitrogens is 2. The number of nitrogens with one attached hydrogen (secondary N) is 2. The lowest BCUT2D eigenvalue weighted by Crippen LogP contribution is -2.42. The zero-order valence-corrected chi connectivity index (χ0v) is 24.1. The van der Waals surface area contributed by atoms with Gasteiger partial charge in [-0.2, -0.15) is 5.10 Å². The van der Waals surface area contributed by atoms with Crippen LogP contribution < -0.4 is 10.6 Å². The van der Waals surface area contributed by atoms with E-state index in [1.54, 1.807) is 47.0 Å². The van der Waals surface area contributed by atoms with Crippen molar-refractivity contribution in [1.82, 2.24) is 14.7 Å². The third kappa shape index (κ3) is 7.51. The Morgan fingerprint density at radius 3 is 2.20 bits per heavy atom. The number of likely N-dealkylation sites (tertiary alicyclic amines) is 1. The second-order valence-electron chi connectivity index (χ2n) is 11.1. The molecule has 0 bridgehead atoms. The molecule has 4 rings (SSSR count). The molecule has 1 aromatic heterocycles. The summed E-state index contributed by atoms with van der Waals surface area (Å²) >= 11 is 0. The molecule has 9 nitrogen and oxygen atoms in total. The Morgan fingerprint density at radius 2 is 1.59 bits per heavy atom. The van der Waals surface area contributed by atoms with Gasteiger partial charge in [0.05, 0.1) is 5.69 Å². The van der Waals surface area contributed by atoms with E-state index >= 15 is 0 Å². The van der Waals surface area contributed by atoms with Crippen molar-refractivity contribution in [3.05, 3.63) is 90.5 Å². The maximum atomic E-state index is 12.9. The Balaban J connectivity index is 1.31. The highest BCUT2D eigenvalue weighted by atomic mass is 16.6. The SMILES string of the molecule is C=C(C(=C)C1CCN(C(=O)OC(C)(C)C)CC1)C(=O)Nc1ccc(-c2cc(NC(=O)c3ccccc3)n(C)n2)cc1. The molecule has 3 amide bonds. The molecule has 2 heterocycles. The smallest absolute Gasteiger partial charge is 0.410 e. The first-order valence-electron chi connectivity index (χ1n) is 13.6. The zero-order chi connectivity index (χ0) is 29.7. The number of benzene rings is 2. The molecule has 0 aliphatic carbocycles. The van der Waals surface area contributed by atoms with Crippen LogP contribution in [0.1, 0.15) is 44.0 Å². The maximum Gasteiger partial charge on any atom is 0.410 e. The number of carbonyl (C=O) groups is 3. The van der Waals surface area contributed by atoms with Crippen LogP contribution in [0.15, 0.2) is 85.0 Å². The van der Waals surface area contributed by atoms with E-state index in [1.807, 2.05) is 51.1 Å². The average molecular weight is 556 g/mol. The van der Waals surface area contributed by atoms with E-state index in [4.69, 9.17) is 4.74 Å². The fourth-order valence-electron chi connectivity index (χ4n) is 4.56. The Kier molecular flexibility index (Phi) is 8.76. The molecule has 1 fully saturated rings. The van der Waals surface area contributed by atoms with Crippen LogP contribution in [0.3, 0.4) is 0 Å². The first kappa shape index (κ1) is 29.3. The molecule has 0 atom stereocenters. The van der Waals surface area contributed by atoms with Crippen LogP contribution in [0.4, 0.5) is 16.3 Å². The summed E-state index contributed by atoms with van der Waals surface area (Å²) < 4.78 is 7.07. The predicted octanol–water partition coefficient (Wildman–Crippen LogP) is 6.04. The number of rotatable bonds is 7. The van der Waals surface area contributed by atoms with Crippen LogP contribution in [-0.2, 0) is 16.6 Å². The fraction of sp³-hybridized carbons (Fsp3) is 0.312. The number of carbonyl (C=O) groups excluding carboxylic acids is 3. The molecule has 1 aliphatic rings. The zero-order valence-electron chi connectivity index (χ0n) is 24.1. The number of piperidine rings is 1. The van der Waals surface area contributed by atoms with Gasteiger partial charge >= 0.3 is 6.09 Å². The minimum absolute atomic E-state index is 0.0649. The second kappa shape index (κ2) is 12.2. The van der Waals surface area contributed by atoms with Crippen molar-refractivity contribution in [3.63, 3.8) is 0 Å². The van der Waals surface area contributed by atoms with Gasteiger partial charge in [-0.25, -0.2) is 4.79 Å². The molecule has 41 heavy (non-hydrogen) atoms. The van der Waals surface area contributed by atoms with Gasteiger partial charge in [-0.1, -0.05) is 43.5 Å². The molecular formula is C32H37N5O4. The number of amides is 3. The van der Waals surface area contributed by atoms with Crippen molar-refractivity contribution in [2.45, 2.75) is 39.2 Å². The lowest BCUT2D eigenvalue weighted by Gasteiger charge is -2.34. The van der Waals surface area contributed by atoms with Crippen molar-refractivity contribution in [2.24, 2.45) is 13.0 Å². The third-order valence-corrected chi connectivity index (χ3v) is 6.90. The first-order chi connectivity index (χ1) is 19.4. The summed E-state index contributed by atoms with van der Waals surface area (Å²) in [7, 11) is 1.76. The van der Waals surface area contributed by atoms with Crippen LogP contribution >= 0.6 is 0 Å². The second-order valence-corrected chi connectivity index (χ2v) is 11.1. The summed E-state index contributed by atoms with van der Waals surface area (Å²) in [6, 6.07) is 18.1. The highest BCUT2D eigenvalue weighted by Crippen LogP contribution is 2.29. The predicted molar refractivity (Wildman–Crippen MR) is 160 cm³/mol. The number of hydrogen-bond donors (Lipinski definition) is 2. The van der Waals surface area contributed by atoms with Crippen molar-refractivity contribution in [1.29, 1.82) is 0 Å². The van der Waals surface area contributed by atoms with Crippen LogP contribution in [0.25, 0.3) is 11.3 Å². The van der Waals surface area contributed by atoms with E-state index in [1.165, 1.54) is 0 Å². The Morgan fingerprint density at radius 1 is 0.951 bits per heavy atom. The van der Waals surface area contributed by atoms with Gasteiger partial charge in [0.1, 0.15) is 11.4 Å². The fourth-order valence-corrected chi connectivity index (χ4v) is 4.56. The molecule has 2 N–H and O–H groups in total. The van der Waals surface area contributed by atoms with E-state index in [2.05, 4.69) is 28.9 Å². The summed E-state index contributed by atoms with van der Waals surface area (Å²) in [5.74, 6) is 0.0997. The van der Waals surface area contributed by atoms with Gasteiger partial charge < -0.3 is 20.3 Å². The standard InChI is InChI=1S/C32H37N5O4/c1-21(23-16-18-37(19-17-23)31(40)41-32(3,4)5)22(2)29(38)33-26-14-12-24(13-15-26)27-20-28(36(6)35-27)34-30(39)25-10-8-7-9-11-25/h7-15,20,23H,1-2,16-19H2,3-6H3,(H,33,38)(H,34,39). The third-order valence-electron chi connectivity index (χ3n) is 6.90. The van der Waals surface area contributed by atoms with E-state index in [0.717, 1.165) is 5.56 Å². The molecule has 1 aliphatic heterocycles. The van der Waals surface area contributed by atoms with Gasteiger partial charge in [0.2, 0.25) is 0 Å². The maximum absolute atomic E-state index is 12.9. The minimum Gasteiger partial charge on any atom is -0.444 e. The summed E-state index contributed by atoms with van der Waals surface area (Å²) in [5, 5.41) is 10.3. The highest BCUT2D eigenvalue weighted by molar-refractivity contribution is 6.06. The number of hydrogen-bond acceptors (Lipinski definition) is 5. The van der Waals surface area contributed by atoms with Crippen molar-refractivity contribution in [2.75, 3.05) is 23.7 Å². The van der Waals surface area contributed by atoms with Gasteiger partial charge in [-0.05, 0) is 69.4 Å². The van der Waals surface area contributed by atoms with Gasteiger partial charge in [0, 0.05) is 48.6 Å². The topological polar surface area (TPSA) is 106 Å². The van der Waals surface area contributed by atoms with Crippen molar-refractivity contribution >= 4 is 29.4 Å². The largest absolute Gasteiger partial charge is 0.444 e. The van der Waals surface area contributed by atoms with Crippen molar-refractivity contribution < 1.29 is 19.1 Å². The van der Waals surface area contributed by atoms with E-state index in [9.17, 15) is 14.4 Å². The molecule has 0 saturated carbocycles. The molecular weight excluding hydrogens is 518 g/mol. The lowest BCUT2D eigenvalue weighted by molar-refractivity contribution is -0.112. The van der Waals surface area contributed by atoms with Crippen LogP contribution in [0.5, 0.6) is 0 Å². The number of ether oxygens (including phenoxy) is 1. The number of aryl methyl sites for hydroxylation is 1. The quantitative estimate of drug-likeness (QED) is 0.273. The summed E-state index contributed by atoms with van der Waals surface area (Å²) in [6.45, 7) is 14.7. The van der Waals surface area contributed by atoms with Gasteiger partial charge in [0.25, 0.3) is 11.8 Å². The molecule has 214 valence electrons. The average Bonchev–Trinajstić information content (AvgIpc) is 3.31. The Labute approximate surface area is 240 Å². The Bertz CT molecular complexity index is 1440. The first-order valence-corrected chi connectivity index (χ1v) is 13.6. The minimum atomic E-state index is -0.539. The summed E-state index contributed by atoms with van der Waals surface area (Å²) in [5.41, 5.74) is 3.16. The van der Waals surface area contributed by atoms with E-state index < -0.39 is 5.60 Å². The van der Waals surface area contributed by atoms with Crippen molar-refractivity contribution in [3.8, 4) is 11.3 Å². The highest BCUT2D eigenvalue weighted by Gasteiger charge is 2.29. The normalized spacial score (nSPS) is 13.8. The van der Waals surface area contributed by atoms with Crippen LogP contribution in [0.2, 0.25) is 0 Å². The number of nitrogens with zero attached hydrogens (tertiary/aromatic N) is 3. The molecule has 1 saturated heterocycles. The van der Waals surface area contributed by atoms with Gasteiger partial charge in [-0.15, -0.1) is 0 Å². The molecule has 2 aromatic carbocycles. The summed E-state index contributed by atoms with van der Waals surface area (Å²) in [6.07, 6.45) is 1.06. The molecule has 9 heteroatoms. The Hall–Kier alpha value is -4.66. The molecule has 0 radical (unpaired) electrons. The van der Waals surface area contributed by atoms with Crippen LogP contribution in [0, 0.1) is 5.92 Å². The lowest BCUT2D eigenvalue weighted by atomic mass is 9.86.